The Balaban J connectivity index is 1.54. The lowest BCUT2D eigenvalue weighted by atomic mass is 10.3. The van der Waals surface area contributed by atoms with Gasteiger partial charge >= 0.3 is 0 Å². The Morgan fingerprint density at radius 2 is 2.10 bits per heavy atom. The molecule has 21 heavy (non-hydrogen) atoms. The molecule has 6 nitrogen and oxygen atoms in total. The Hall–Kier alpha value is -2.47. The second kappa shape index (κ2) is 6.32. The summed E-state index contributed by atoms with van der Waals surface area (Å²) in [6.45, 7) is 1.52. The van der Waals surface area contributed by atoms with E-state index in [1.165, 1.54) is 0 Å². The summed E-state index contributed by atoms with van der Waals surface area (Å²) in [5, 5.41) is 11.7. The summed E-state index contributed by atoms with van der Waals surface area (Å²) >= 11 is 0. The zero-order valence-electron chi connectivity index (χ0n) is 11.9. The summed E-state index contributed by atoms with van der Waals surface area (Å²) in [7, 11) is 1.62. The smallest absolute Gasteiger partial charge is 0.213 e. The second-order valence-electron chi connectivity index (χ2n) is 4.64. The van der Waals surface area contributed by atoms with Gasteiger partial charge in [0.25, 0.3) is 0 Å². The van der Waals surface area contributed by atoms with Crippen LogP contribution in [0.5, 0.6) is 5.88 Å². The average molecular weight is 283 g/mol. The number of nitrogens with one attached hydrogen (secondary N) is 1. The summed E-state index contributed by atoms with van der Waals surface area (Å²) in [5.41, 5.74) is 1.84. The van der Waals surface area contributed by atoms with Gasteiger partial charge in [-0.25, -0.2) is 4.98 Å². The third kappa shape index (κ3) is 3.17. The van der Waals surface area contributed by atoms with Gasteiger partial charge in [0, 0.05) is 31.8 Å². The number of rotatable bonds is 6. The highest BCUT2D eigenvalue weighted by Crippen LogP contribution is 2.06. The molecule has 0 aliphatic carbocycles. The second-order valence-corrected chi connectivity index (χ2v) is 4.64. The molecular formula is C15H17N5O. The molecule has 3 aromatic heterocycles. The van der Waals surface area contributed by atoms with Gasteiger partial charge in [-0.2, -0.15) is 0 Å². The molecule has 0 saturated heterocycles. The molecule has 0 saturated carbocycles. The SMILES string of the molecule is COc1cccc(CNCCc2nnc3ccccn23)n1. The molecule has 0 aliphatic rings. The highest BCUT2D eigenvalue weighted by atomic mass is 16.5. The lowest BCUT2D eigenvalue weighted by Gasteiger charge is -2.05. The van der Waals surface area contributed by atoms with Crippen LogP contribution in [-0.2, 0) is 13.0 Å². The lowest BCUT2D eigenvalue weighted by Crippen LogP contribution is -2.18. The first-order valence-corrected chi connectivity index (χ1v) is 6.86. The Morgan fingerprint density at radius 1 is 1.14 bits per heavy atom. The molecule has 1 N–H and O–H groups in total. The molecule has 0 bridgehead atoms. The van der Waals surface area contributed by atoms with Crippen molar-refractivity contribution in [2.75, 3.05) is 13.7 Å². The summed E-state index contributed by atoms with van der Waals surface area (Å²) < 4.78 is 7.11. The first kappa shape index (κ1) is 13.5. The maximum atomic E-state index is 5.11. The van der Waals surface area contributed by atoms with Crippen LogP contribution in [0.15, 0.2) is 42.6 Å². The van der Waals surface area contributed by atoms with Gasteiger partial charge in [-0.15, -0.1) is 10.2 Å². The molecule has 3 heterocycles. The Kier molecular flexibility index (Phi) is 4.07. The van der Waals surface area contributed by atoms with E-state index in [1.54, 1.807) is 7.11 Å². The first-order valence-electron chi connectivity index (χ1n) is 6.86. The summed E-state index contributed by atoms with van der Waals surface area (Å²) in [5.74, 6) is 1.59. The molecule has 0 amide bonds. The predicted molar refractivity (Wildman–Crippen MR) is 79.2 cm³/mol. The molecule has 0 fully saturated rings. The minimum Gasteiger partial charge on any atom is -0.481 e. The van der Waals surface area contributed by atoms with E-state index < -0.39 is 0 Å². The molecule has 0 aromatic carbocycles. The number of nitrogens with zero attached hydrogens (tertiary/aromatic N) is 4. The van der Waals surface area contributed by atoms with Crippen molar-refractivity contribution >= 4 is 5.65 Å². The molecular weight excluding hydrogens is 266 g/mol. The number of fused-ring (bicyclic) bond motifs is 1. The number of hydrogen-bond donors (Lipinski definition) is 1. The van der Waals surface area contributed by atoms with Gasteiger partial charge in [0.2, 0.25) is 5.88 Å². The van der Waals surface area contributed by atoms with Crippen LogP contribution in [0.1, 0.15) is 11.5 Å². The zero-order chi connectivity index (χ0) is 14.5. The van der Waals surface area contributed by atoms with Gasteiger partial charge in [0.05, 0.1) is 12.8 Å². The van der Waals surface area contributed by atoms with Gasteiger partial charge < -0.3 is 10.1 Å². The van der Waals surface area contributed by atoms with Gasteiger partial charge in [-0.05, 0) is 18.2 Å². The number of pyridine rings is 2. The molecule has 3 rings (SSSR count). The van der Waals surface area contributed by atoms with Crippen molar-refractivity contribution in [3.63, 3.8) is 0 Å². The largest absolute Gasteiger partial charge is 0.481 e. The van der Waals surface area contributed by atoms with Crippen molar-refractivity contribution in [2.45, 2.75) is 13.0 Å². The Morgan fingerprint density at radius 3 is 3.00 bits per heavy atom. The first-order chi connectivity index (χ1) is 10.4. The monoisotopic (exact) mass is 283 g/mol. The fraction of sp³-hybridized carbons (Fsp3) is 0.267. The van der Waals surface area contributed by atoms with E-state index in [4.69, 9.17) is 4.74 Å². The molecule has 108 valence electrons. The van der Waals surface area contributed by atoms with Crippen LogP contribution >= 0.6 is 0 Å². The summed E-state index contributed by atoms with van der Waals surface area (Å²) in [4.78, 5) is 4.36. The van der Waals surface area contributed by atoms with E-state index in [1.807, 2.05) is 47.0 Å². The highest BCUT2D eigenvalue weighted by molar-refractivity contribution is 5.37. The van der Waals surface area contributed by atoms with Crippen molar-refractivity contribution < 1.29 is 4.74 Å². The normalized spacial score (nSPS) is 10.9. The highest BCUT2D eigenvalue weighted by Gasteiger charge is 2.04. The van der Waals surface area contributed by atoms with Crippen molar-refractivity contribution in [1.29, 1.82) is 0 Å². The van der Waals surface area contributed by atoms with Crippen LogP contribution in [0.25, 0.3) is 5.65 Å². The van der Waals surface area contributed by atoms with Gasteiger partial charge in [0.1, 0.15) is 5.82 Å². The summed E-state index contributed by atoms with van der Waals surface area (Å²) in [6.07, 6.45) is 2.80. The van der Waals surface area contributed by atoms with Crippen molar-refractivity contribution in [3.8, 4) is 5.88 Å². The van der Waals surface area contributed by atoms with E-state index >= 15 is 0 Å². The van der Waals surface area contributed by atoms with Crippen molar-refractivity contribution in [2.24, 2.45) is 0 Å². The van der Waals surface area contributed by atoms with E-state index in [0.717, 1.165) is 30.1 Å². The quantitative estimate of drug-likeness (QED) is 0.694. The van der Waals surface area contributed by atoms with Crippen molar-refractivity contribution in [1.82, 2.24) is 24.9 Å². The van der Waals surface area contributed by atoms with Crippen LogP contribution in [0.4, 0.5) is 0 Å². The fourth-order valence-electron chi connectivity index (χ4n) is 2.15. The van der Waals surface area contributed by atoms with Crippen LogP contribution in [0.2, 0.25) is 0 Å². The van der Waals surface area contributed by atoms with E-state index in [-0.39, 0.29) is 0 Å². The molecule has 6 heteroatoms. The standard InChI is InChI=1S/C15H17N5O/c1-21-15-7-4-5-12(17-15)11-16-9-8-14-19-18-13-6-2-3-10-20(13)14/h2-7,10,16H,8-9,11H2,1H3. The molecule has 3 aromatic rings. The lowest BCUT2D eigenvalue weighted by molar-refractivity contribution is 0.395. The minimum atomic E-state index is 0.637. The molecule has 0 aliphatic heterocycles. The van der Waals surface area contributed by atoms with Crippen LogP contribution < -0.4 is 10.1 Å². The minimum absolute atomic E-state index is 0.637. The zero-order valence-corrected chi connectivity index (χ0v) is 11.9. The molecule has 0 spiro atoms. The maximum Gasteiger partial charge on any atom is 0.213 e. The Labute approximate surface area is 122 Å². The van der Waals surface area contributed by atoms with Gasteiger partial charge in [0.15, 0.2) is 5.65 Å². The third-order valence-corrected chi connectivity index (χ3v) is 3.21. The number of aromatic nitrogens is 4. The van der Waals surface area contributed by atoms with Crippen LogP contribution in [0.3, 0.4) is 0 Å². The van der Waals surface area contributed by atoms with Gasteiger partial charge in [-0.1, -0.05) is 12.1 Å². The Bertz CT molecular complexity index is 725. The molecule has 0 unspecified atom stereocenters. The van der Waals surface area contributed by atoms with E-state index in [2.05, 4.69) is 20.5 Å². The van der Waals surface area contributed by atoms with Crippen molar-refractivity contribution in [3.05, 3.63) is 54.1 Å². The van der Waals surface area contributed by atoms with Gasteiger partial charge in [-0.3, -0.25) is 4.40 Å². The van der Waals surface area contributed by atoms with E-state index in [9.17, 15) is 0 Å². The summed E-state index contributed by atoms with van der Waals surface area (Å²) in [6, 6.07) is 11.6. The fourth-order valence-corrected chi connectivity index (χ4v) is 2.15. The number of hydrogen-bond acceptors (Lipinski definition) is 5. The predicted octanol–water partition coefficient (Wildman–Crippen LogP) is 1.47. The average Bonchev–Trinajstić information content (AvgIpc) is 2.95. The topological polar surface area (TPSA) is 64.3 Å². The number of methoxy groups -OCH3 is 1. The molecule has 0 radical (unpaired) electrons. The van der Waals surface area contributed by atoms with Crippen LogP contribution in [0, 0.1) is 0 Å². The maximum absolute atomic E-state index is 5.11. The number of ether oxygens (including phenoxy) is 1. The molecule has 0 atom stereocenters. The van der Waals surface area contributed by atoms with E-state index in [0.29, 0.717) is 12.4 Å². The third-order valence-electron chi connectivity index (χ3n) is 3.21. The van der Waals surface area contributed by atoms with Crippen LogP contribution in [-0.4, -0.2) is 33.2 Å².